The summed E-state index contributed by atoms with van der Waals surface area (Å²) in [5.74, 6) is 1.18. The van der Waals surface area contributed by atoms with E-state index in [1.807, 2.05) is 55.9 Å². The van der Waals surface area contributed by atoms with Crippen molar-refractivity contribution in [3.05, 3.63) is 60.2 Å². The smallest absolute Gasteiger partial charge is 0.233 e. The molecule has 3 aromatic rings. The van der Waals surface area contributed by atoms with Crippen LogP contribution in [0.3, 0.4) is 0 Å². The number of hydrogen-bond acceptors (Lipinski definition) is 5. The lowest BCUT2D eigenvalue weighted by molar-refractivity contribution is -0.128. The van der Waals surface area contributed by atoms with Crippen LogP contribution in [0, 0.1) is 0 Å². The van der Waals surface area contributed by atoms with Crippen LogP contribution in [-0.2, 0) is 11.8 Å². The Balaban J connectivity index is 1.64. The molecule has 164 valence electrons. The number of anilines is 1. The van der Waals surface area contributed by atoms with Crippen molar-refractivity contribution in [3.8, 4) is 11.4 Å². The molecule has 0 aliphatic rings. The fourth-order valence-electron chi connectivity index (χ4n) is 3.50. The molecule has 0 fully saturated rings. The van der Waals surface area contributed by atoms with Crippen LogP contribution < -0.4 is 4.90 Å². The van der Waals surface area contributed by atoms with Gasteiger partial charge in [0.15, 0.2) is 11.0 Å². The van der Waals surface area contributed by atoms with E-state index in [2.05, 4.69) is 53.2 Å². The lowest BCUT2D eigenvalue weighted by Gasteiger charge is -2.25. The number of benzene rings is 2. The zero-order valence-corrected chi connectivity index (χ0v) is 19.8. The minimum atomic E-state index is 0.0219. The zero-order valence-electron chi connectivity index (χ0n) is 18.9. The molecule has 0 radical (unpaired) electrons. The van der Waals surface area contributed by atoms with E-state index in [0.29, 0.717) is 5.75 Å². The van der Waals surface area contributed by atoms with Crippen molar-refractivity contribution in [3.63, 3.8) is 0 Å². The Bertz CT molecular complexity index is 983. The van der Waals surface area contributed by atoms with Gasteiger partial charge in [0.05, 0.1) is 11.8 Å². The van der Waals surface area contributed by atoms with Gasteiger partial charge in [-0.2, -0.15) is 0 Å². The number of nitrogens with zero attached hydrogens (tertiary/aromatic N) is 5. The molecule has 1 unspecified atom stereocenters. The first-order valence-electron chi connectivity index (χ1n) is 10.6. The van der Waals surface area contributed by atoms with Gasteiger partial charge in [-0.15, -0.1) is 10.2 Å². The summed E-state index contributed by atoms with van der Waals surface area (Å²) in [5, 5.41) is 9.40. The quantitative estimate of drug-likeness (QED) is 0.457. The minimum absolute atomic E-state index is 0.0219. The van der Waals surface area contributed by atoms with Crippen molar-refractivity contribution < 1.29 is 4.79 Å². The predicted molar refractivity (Wildman–Crippen MR) is 128 cm³/mol. The van der Waals surface area contributed by atoms with Gasteiger partial charge in [-0.05, 0) is 50.6 Å². The summed E-state index contributed by atoms with van der Waals surface area (Å²) in [5.41, 5.74) is 3.34. The van der Waals surface area contributed by atoms with Crippen molar-refractivity contribution in [2.24, 2.45) is 7.05 Å². The SMILES string of the molecule is CCN(CC)c1ccc(-c2nnc(SCC(=O)N(C)C(C)c3ccccc3)n2C)cc1. The van der Waals surface area contributed by atoms with E-state index in [0.717, 1.165) is 35.2 Å². The molecule has 2 aromatic carbocycles. The molecule has 0 saturated heterocycles. The molecule has 1 heterocycles. The minimum Gasteiger partial charge on any atom is -0.372 e. The Morgan fingerprint density at radius 2 is 1.68 bits per heavy atom. The maximum absolute atomic E-state index is 12.7. The fraction of sp³-hybridized carbons (Fsp3) is 0.375. The van der Waals surface area contributed by atoms with Crippen molar-refractivity contribution in [2.75, 3.05) is 30.8 Å². The summed E-state index contributed by atoms with van der Waals surface area (Å²) in [7, 11) is 3.79. The highest BCUT2D eigenvalue weighted by Crippen LogP contribution is 2.26. The van der Waals surface area contributed by atoms with Gasteiger partial charge in [0.2, 0.25) is 5.91 Å². The van der Waals surface area contributed by atoms with Gasteiger partial charge in [0, 0.05) is 38.4 Å². The molecule has 1 amide bonds. The summed E-state index contributed by atoms with van der Waals surface area (Å²) < 4.78 is 1.95. The highest BCUT2D eigenvalue weighted by Gasteiger charge is 2.19. The van der Waals surface area contributed by atoms with Crippen molar-refractivity contribution >= 4 is 23.4 Å². The zero-order chi connectivity index (χ0) is 22.4. The second kappa shape index (κ2) is 10.5. The molecule has 1 atom stereocenters. The fourth-order valence-corrected chi connectivity index (χ4v) is 4.34. The van der Waals surface area contributed by atoms with E-state index in [1.165, 1.54) is 17.4 Å². The molecular formula is C24H31N5OS. The first-order chi connectivity index (χ1) is 15.0. The van der Waals surface area contributed by atoms with Crippen LogP contribution in [0.2, 0.25) is 0 Å². The van der Waals surface area contributed by atoms with Crippen LogP contribution in [0.4, 0.5) is 5.69 Å². The lowest BCUT2D eigenvalue weighted by Crippen LogP contribution is -2.31. The van der Waals surface area contributed by atoms with Crippen molar-refractivity contribution in [1.82, 2.24) is 19.7 Å². The maximum atomic E-state index is 12.7. The average molecular weight is 438 g/mol. The monoisotopic (exact) mass is 437 g/mol. The number of rotatable bonds is 9. The highest BCUT2D eigenvalue weighted by atomic mass is 32.2. The summed E-state index contributed by atoms with van der Waals surface area (Å²) >= 11 is 1.42. The first-order valence-corrected chi connectivity index (χ1v) is 11.6. The third kappa shape index (κ3) is 5.28. The molecule has 3 rings (SSSR count). The summed E-state index contributed by atoms with van der Waals surface area (Å²) in [4.78, 5) is 16.8. The molecular weight excluding hydrogens is 406 g/mol. The molecule has 0 spiro atoms. The second-order valence-corrected chi connectivity index (χ2v) is 8.41. The predicted octanol–water partition coefficient (Wildman–Crippen LogP) is 4.64. The molecule has 31 heavy (non-hydrogen) atoms. The number of thioether (sulfide) groups is 1. The Morgan fingerprint density at radius 1 is 1.03 bits per heavy atom. The van der Waals surface area contributed by atoms with E-state index in [4.69, 9.17) is 0 Å². The van der Waals surface area contributed by atoms with Gasteiger partial charge in [-0.1, -0.05) is 42.1 Å². The van der Waals surface area contributed by atoms with Gasteiger partial charge >= 0.3 is 0 Å². The van der Waals surface area contributed by atoms with Gasteiger partial charge in [0.1, 0.15) is 0 Å². The molecule has 7 heteroatoms. The molecule has 6 nitrogen and oxygen atoms in total. The van der Waals surface area contributed by atoms with E-state index in [1.54, 1.807) is 4.90 Å². The van der Waals surface area contributed by atoms with Gasteiger partial charge in [0.25, 0.3) is 0 Å². The van der Waals surface area contributed by atoms with Gasteiger partial charge < -0.3 is 14.4 Å². The van der Waals surface area contributed by atoms with Crippen LogP contribution >= 0.6 is 11.8 Å². The molecule has 0 saturated carbocycles. The summed E-state index contributed by atoms with van der Waals surface area (Å²) in [6, 6.07) is 18.5. The lowest BCUT2D eigenvalue weighted by atomic mass is 10.1. The standard InChI is InChI=1S/C24H31N5OS/c1-6-29(7-2)21-15-13-20(14-16-21)23-25-26-24(28(23)5)31-17-22(30)27(4)18(3)19-11-9-8-10-12-19/h8-16,18H,6-7,17H2,1-5H3. The number of aromatic nitrogens is 3. The van der Waals surface area contributed by atoms with Crippen LogP contribution in [0.1, 0.15) is 32.4 Å². The summed E-state index contributed by atoms with van der Waals surface area (Å²) in [6.07, 6.45) is 0. The molecule has 0 aliphatic heterocycles. The number of amides is 1. The van der Waals surface area contributed by atoms with Crippen LogP contribution in [-0.4, -0.2) is 51.5 Å². The Hall–Kier alpha value is -2.80. The third-order valence-electron chi connectivity index (χ3n) is 5.67. The number of hydrogen-bond donors (Lipinski definition) is 0. The van der Waals surface area contributed by atoms with Crippen molar-refractivity contribution in [1.29, 1.82) is 0 Å². The molecule has 0 aliphatic carbocycles. The van der Waals surface area contributed by atoms with E-state index < -0.39 is 0 Å². The number of carbonyl (C=O) groups is 1. The van der Waals surface area contributed by atoms with Crippen LogP contribution in [0.5, 0.6) is 0 Å². The third-order valence-corrected chi connectivity index (χ3v) is 6.68. The Kier molecular flexibility index (Phi) is 7.74. The van der Waals surface area contributed by atoms with Crippen molar-refractivity contribution in [2.45, 2.75) is 32.0 Å². The van der Waals surface area contributed by atoms with E-state index in [-0.39, 0.29) is 11.9 Å². The number of carbonyl (C=O) groups excluding carboxylic acids is 1. The normalized spacial score (nSPS) is 11.9. The Labute approximate surface area is 189 Å². The Morgan fingerprint density at radius 3 is 2.29 bits per heavy atom. The van der Waals surface area contributed by atoms with Crippen LogP contribution in [0.25, 0.3) is 11.4 Å². The van der Waals surface area contributed by atoms with Crippen LogP contribution in [0.15, 0.2) is 59.8 Å². The van der Waals surface area contributed by atoms with E-state index >= 15 is 0 Å². The highest BCUT2D eigenvalue weighted by molar-refractivity contribution is 7.99. The maximum Gasteiger partial charge on any atom is 0.233 e. The average Bonchev–Trinajstić information content (AvgIpc) is 3.18. The van der Waals surface area contributed by atoms with Gasteiger partial charge in [-0.3, -0.25) is 4.79 Å². The molecule has 0 bridgehead atoms. The van der Waals surface area contributed by atoms with E-state index in [9.17, 15) is 4.79 Å². The first kappa shape index (κ1) is 22.9. The molecule has 1 aromatic heterocycles. The largest absolute Gasteiger partial charge is 0.372 e. The van der Waals surface area contributed by atoms with Gasteiger partial charge in [-0.25, -0.2) is 0 Å². The topological polar surface area (TPSA) is 54.3 Å². The molecule has 0 N–H and O–H groups in total. The summed E-state index contributed by atoms with van der Waals surface area (Å²) in [6.45, 7) is 8.31. The second-order valence-electron chi connectivity index (χ2n) is 7.46.